The maximum Gasteiger partial charge on any atom is 0.130 e. The van der Waals surface area contributed by atoms with Crippen LogP contribution in [-0.4, -0.2) is 0 Å². The number of rotatable bonds is 0. The smallest absolute Gasteiger partial charge is 0.130 e. The summed E-state index contributed by atoms with van der Waals surface area (Å²) in [5, 5.41) is 0. The summed E-state index contributed by atoms with van der Waals surface area (Å²) in [5.41, 5.74) is 1.29. The van der Waals surface area contributed by atoms with Gasteiger partial charge in [0.25, 0.3) is 0 Å². The van der Waals surface area contributed by atoms with E-state index in [1.54, 1.807) is 0 Å². The Morgan fingerprint density at radius 1 is 1.18 bits per heavy atom. The molecular formula is C10H10O. The molecule has 56 valence electrons. The van der Waals surface area contributed by atoms with Crippen molar-refractivity contribution in [3.8, 4) is 5.75 Å². The second kappa shape index (κ2) is 2.42. The third-order valence-electron chi connectivity index (χ3n) is 1.90. The van der Waals surface area contributed by atoms with Gasteiger partial charge in [-0.3, -0.25) is 0 Å². The number of aryl methyl sites for hydroxylation is 1. The molecule has 0 saturated carbocycles. The standard InChI is InChI=1S/C10H10O/c1-8-6-7-9-4-2-3-5-10(9)11-8/h2-5H,1,6-7H2. The first kappa shape index (κ1) is 6.47. The fraction of sp³-hybridized carbons (Fsp3) is 0.200. The van der Waals surface area contributed by atoms with Crippen molar-refractivity contribution in [3.05, 3.63) is 42.2 Å². The van der Waals surface area contributed by atoms with Gasteiger partial charge in [0.05, 0.1) is 5.76 Å². The third-order valence-corrected chi connectivity index (χ3v) is 1.90. The highest BCUT2D eigenvalue weighted by Crippen LogP contribution is 2.27. The fourth-order valence-electron chi connectivity index (χ4n) is 1.29. The van der Waals surface area contributed by atoms with Crippen LogP contribution in [0.4, 0.5) is 0 Å². The second-order valence-corrected chi connectivity index (χ2v) is 2.75. The SMILES string of the molecule is C=C1CCc2ccccc2O1. The van der Waals surface area contributed by atoms with Gasteiger partial charge in [0.15, 0.2) is 0 Å². The van der Waals surface area contributed by atoms with Crippen molar-refractivity contribution in [2.75, 3.05) is 0 Å². The molecule has 1 aromatic rings. The third kappa shape index (κ3) is 1.14. The van der Waals surface area contributed by atoms with Gasteiger partial charge in [0, 0.05) is 6.42 Å². The molecule has 1 heterocycles. The van der Waals surface area contributed by atoms with Gasteiger partial charge >= 0.3 is 0 Å². The Bertz CT molecular complexity index is 289. The van der Waals surface area contributed by atoms with E-state index in [1.807, 2.05) is 18.2 Å². The monoisotopic (exact) mass is 146 g/mol. The Balaban J connectivity index is 2.41. The van der Waals surface area contributed by atoms with Crippen LogP contribution in [0.25, 0.3) is 0 Å². The molecular weight excluding hydrogens is 136 g/mol. The molecule has 0 N–H and O–H groups in total. The average molecular weight is 146 g/mol. The Kier molecular flexibility index (Phi) is 1.42. The zero-order valence-electron chi connectivity index (χ0n) is 6.34. The number of benzene rings is 1. The minimum absolute atomic E-state index is 0.878. The van der Waals surface area contributed by atoms with Gasteiger partial charge in [-0.2, -0.15) is 0 Å². The first-order valence-corrected chi connectivity index (χ1v) is 3.80. The highest BCUT2D eigenvalue weighted by molar-refractivity contribution is 5.36. The molecule has 0 fully saturated rings. The van der Waals surface area contributed by atoms with Gasteiger partial charge in [0.2, 0.25) is 0 Å². The summed E-state index contributed by atoms with van der Waals surface area (Å²) in [5.74, 6) is 1.85. The van der Waals surface area contributed by atoms with Gasteiger partial charge in [-0.1, -0.05) is 24.8 Å². The predicted octanol–water partition coefficient (Wildman–Crippen LogP) is 2.53. The van der Waals surface area contributed by atoms with Crippen molar-refractivity contribution in [2.24, 2.45) is 0 Å². The molecule has 0 radical (unpaired) electrons. The Morgan fingerprint density at radius 3 is 2.91 bits per heavy atom. The lowest BCUT2D eigenvalue weighted by molar-refractivity contribution is 0.381. The zero-order valence-corrected chi connectivity index (χ0v) is 6.34. The maximum atomic E-state index is 5.44. The first-order chi connectivity index (χ1) is 5.36. The van der Waals surface area contributed by atoms with Crippen LogP contribution < -0.4 is 4.74 Å². The summed E-state index contributed by atoms with van der Waals surface area (Å²) in [6.45, 7) is 3.79. The number of allylic oxidation sites excluding steroid dienone is 1. The van der Waals surface area contributed by atoms with Gasteiger partial charge in [-0.05, 0) is 18.1 Å². The van der Waals surface area contributed by atoms with E-state index in [-0.39, 0.29) is 0 Å². The molecule has 0 spiro atoms. The average Bonchev–Trinajstić information content (AvgIpc) is 2.04. The molecule has 0 unspecified atom stereocenters. The van der Waals surface area contributed by atoms with Crippen LogP contribution in [0.2, 0.25) is 0 Å². The van der Waals surface area contributed by atoms with E-state index in [2.05, 4.69) is 12.6 Å². The van der Waals surface area contributed by atoms with Gasteiger partial charge in [-0.25, -0.2) is 0 Å². The minimum atomic E-state index is 0.878. The topological polar surface area (TPSA) is 9.23 Å². The Labute approximate surface area is 66.3 Å². The predicted molar refractivity (Wildman–Crippen MR) is 44.5 cm³/mol. The number of hydrogen-bond donors (Lipinski definition) is 0. The molecule has 1 aromatic carbocycles. The Morgan fingerprint density at radius 2 is 2.00 bits per heavy atom. The van der Waals surface area contributed by atoms with E-state index < -0.39 is 0 Å². The number of hydrogen-bond acceptors (Lipinski definition) is 1. The summed E-state index contributed by atoms with van der Waals surface area (Å²) in [4.78, 5) is 0. The molecule has 0 atom stereocenters. The van der Waals surface area contributed by atoms with E-state index in [9.17, 15) is 0 Å². The molecule has 2 rings (SSSR count). The first-order valence-electron chi connectivity index (χ1n) is 3.80. The second-order valence-electron chi connectivity index (χ2n) is 2.75. The largest absolute Gasteiger partial charge is 0.462 e. The van der Waals surface area contributed by atoms with Crippen LogP contribution >= 0.6 is 0 Å². The van der Waals surface area contributed by atoms with Gasteiger partial charge in [0.1, 0.15) is 5.75 Å². The molecule has 0 aromatic heterocycles. The molecule has 0 aliphatic carbocycles. The maximum absolute atomic E-state index is 5.44. The lowest BCUT2D eigenvalue weighted by Crippen LogP contribution is -2.04. The van der Waals surface area contributed by atoms with Crippen molar-refractivity contribution < 1.29 is 4.74 Å². The summed E-state index contributed by atoms with van der Waals surface area (Å²) >= 11 is 0. The number of fused-ring (bicyclic) bond motifs is 1. The summed E-state index contributed by atoms with van der Waals surface area (Å²) in [6, 6.07) is 8.11. The van der Waals surface area contributed by atoms with Crippen molar-refractivity contribution >= 4 is 0 Å². The summed E-state index contributed by atoms with van der Waals surface area (Å²) in [7, 11) is 0. The van der Waals surface area contributed by atoms with E-state index in [0.29, 0.717) is 0 Å². The Hall–Kier alpha value is -1.24. The van der Waals surface area contributed by atoms with Crippen LogP contribution in [0.3, 0.4) is 0 Å². The molecule has 1 heteroatoms. The van der Waals surface area contributed by atoms with Crippen molar-refractivity contribution in [3.63, 3.8) is 0 Å². The molecule has 0 amide bonds. The molecule has 11 heavy (non-hydrogen) atoms. The van der Waals surface area contributed by atoms with Gasteiger partial charge < -0.3 is 4.74 Å². The highest BCUT2D eigenvalue weighted by Gasteiger charge is 2.10. The molecule has 1 nitrogen and oxygen atoms in total. The molecule has 0 saturated heterocycles. The van der Waals surface area contributed by atoms with Crippen LogP contribution in [0.1, 0.15) is 12.0 Å². The number of ether oxygens (including phenoxy) is 1. The van der Waals surface area contributed by atoms with Gasteiger partial charge in [-0.15, -0.1) is 0 Å². The van der Waals surface area contributed by atoms with Crippen LogP contribution in [-0.2, 0) is 6.42 Å². The fourth-order valence-corrected chi connectivity index (χ4v) is 1.29. The lowest BCUT2D eigenvalue weighted by atomic mass is 10.1. The van der Waals surface area contributed by atoms with Crippen molar-refractivity contribution in [2.45, 2.75) is 12.8 Å². The molecule has 1 aliphatic heterocycles. The molecule has 1 aliphatic rings. The highest BCUT2D eigenvalue weighted by atomic mass is 16.5. The molecule has 0 bridgehead atoms. The quantitative estimate of drug-likeness (QED) is 0.546. The lowest BCUT2D eigenvalue weighted by Gasteiger charge is -2.17. The van der Waals surface area contributed by atoms with Crippen molar-refractivity contribution in [1.29, 1.82) is 0 Å². The van der Waals surface area contributed by atoms with E-state index in [1.165, 1.54) is 5.56 Å². The van der Waals surface area contributed by atoms with E-state index in [0.717, 1.165) is 24.4 Å². The van der Waals surface area contributed by atoms with Crippen LogP contribution in [0.5, 0.6) is 5.75 Å². The number of para-hydroxylation sites is 1. The minimum Gasteiger partial charge on any atom is -0.462 e. The van der Waals surface area contributed by atoms with Crippen LogP contribution in [0, 0.1) is 0 Å². The normalized spacial score (nSPS) is 15.5. The van der Waals surface area contributed by atoms with Crippen LogP contribution in [0.15, 0.2) is 36.6 Å². The van der Waals surface area contributed by atoms with E-state index in [4.69, 9.17) is 4.74 Å². The van der Waals surface area contributed by atoms with E-state index >= 15 is 0 Å². The summed E-state index contributed by atoms with van der Waals surface area (Å²) < 4.78 is 5.44. The zero-order chi connectivity index (χ0) is 7.68. The van der Waals surface area contributed by atoms with Crippen molar-refractivity contribution in [1.82, 2.24) is 0 Å². The summed E-state index contributed by atoms with van der Waals surface area (Å²) in [6.07, 6.45) is 2.02.